The summed E-state index contributed by atoms with van der Waals surface area (Å²) in [4.78, 5) is 22.5. The van der Waals surface area contributed by atoms with Gasteiger partial charge < -0.3 is 14.6 Å². The molecular weight excluding hydrogens is 508 g/mol. The maximum absolute atomic E-state index is 13.0. The van der Waals surface area contributed by atoms with Gasteiger partial charge in [0.05, 0.1) is 18.9 Å². The van der Waals surface area contributed by atoms with Crippen LogP contribution in [0.25, 0.3) is 33.1 Å². The maximum Gasteiger partial charge on any atom is 0.273 e. The summed E-state index contributed by atoms with van der Waals surface area (Å²) in [5, 5.41) is 3.53. The van der Waals surface area contributed by atoms with E-state index >= 15 is 0 Å². The number of fused-ring (bicyclic) bond motifs is 3. The van der Waals surface area contributed by atoms with Gasteiger partial charge in [-0.2, -0.15) is 0 Å². The Morgan fingerprint density at radius 1 is 1.03 bits per heavy atom. The zero-order valence-corrected chi connectivity index (χ0v) is 21.7. The van der Waals surface area contributed by atoms with Crippen LogP contribution < -0.4 is 4.31 Å². The summed E-state index contributed by atoms with van der Waals surface area (Å²) in [5.74, 6) is 0.00852. The number of aromatic nitrogens is 2. The maximum atomic E-state index is 13.0. The number of ether oxygens (including phenoxy) is 1. The van der Waals surface area contributed by atoms with Crippen molar-refractivity contribution < 1.29 is 17.9 Å². The number of aromatic amines is 1. The Morgan fingerprint density at radius 2 is 1.81 bits per heavy atom. The van der Waals surface area contributed by atoms with Crippen LogP contribution in [0.2, 0.25) is 0 Å². The van der Waals surface area contributed by atoms with Gasteiger partial charge in [-0.3, -0.25) is 9.10 Å². The monoisotopic (exact) mass is 532 g/mol. The van der Waals surface area contributed by atoms with Gasteiger partial charge >= 0.3 is 0 Å². The molecule has 0 spiro atoms. The normalized spacial score (nSPS) is 14.4. The molecule has 0 radical (unpaired) electrons. The van der Waals surface area contributed by atoms with E-state index in [1.165, 1.54) is 15.6 Å². The van der Waals surface area contributed by atoms with E-state index in [9.17, 15) is 13.2 Å². The van der Waals surface area contributed by atoms with Gasteiger partial charge in [0.2, 0.25) is 0 Å². The smallest absolute Gasteiger partial charge is 0.273 e. The molecule has 188 valence electrons. The number of rotatable bonds is 5. The number of nitrogens with one attached hydrogen (secondary N) is 1. The molecule has 5 aromatic rings. The summed E-state index contributed by atoms with van der Waals surface area (Å²) in [7, 11) is -2.07. The van der Waals surface area contributed by atoms with Crippen LogP contribution in [-0.4, -0.2) is 62.5 Å². The first kappa shape index (κ1) is 23.7. The predicted molar refractivity (Wildman–Crippen MR) is 146 cm³/mol. The number of carbonyl (C=O) groups is 1. The SMILES string of the molecule is CN(c1ccc2[nH]c3ncc(-c4ccc(C(=O)N5CCOCC5)cc4)cc3c2c1)S(=O)(=O)c1cccs1. The number of nitrogens with zero attached hydrogens (tertiary/aromatic N) is 3. The van der Waals surface area contributed by atoms with Gasteiger partial charge in [0, 0.05) is 53.8 Å². The number of carbonyl (C=O) groups excluding carboxylic acids is 1. The first-order valence-corrected chi connectivity index (χ1v) is 14.2. The van der Waals surface area contributed by atoms with Crippen LogP contribution in [0.4, 0.5) is 5.69 Å². The molecule has 1 fully saturated rings. The van der Waals surface area contributed by atoms with E-state index in [2.05, 4.69) is 9.97 Å². The number of thiophene rings is 1. The van der Waals surface area contributed by atoms with Gasteiger partial charge in [-0.1, -0.05) is 18.2 Å². The summed E-state index contributed by atoms with van der Waals surface area (Å²) in [5.41, 5.74) is 4.65. The summed E-state index contributed by atoms with van der Waals surface area (Å²) < 4.78 is 33.0. The van der Waals surface area contributed by atoms with Crippen LogP contribution in [0.5, 0.6) is 0 Å². The fraction of sp³-hybridized carbons (Fsp3) is 0.185. The molecule has 8 nitrogen and oxygen atoms in total. The lowest BCUT2D eigenvalue weighted by Gasteiger charge is -2.26. The third-order valence-corrected chi connectivity index (χ3v) is 9.83. The molecule has 0 aliphatic carbocycles. The fourth-order valence-electron chi connectivity index (χ4n) is 4.55. The lowest BCUT2D eigenvalue weighted by Crippen LogP contribution is -2.40. The largest absolute Gasteiger partial charge is 0.378 e. The van der Waals surface area contributed by atoms with Crippen molar-refractivity contribution in [2.45, 2.75) is 4.21 Å². The van der Waals surface area contributed by atoms with Gasteiger partial charge in [-0.05, 0) is 53.4 Å². The lowest BCUT2D eigenvalue weighted by atomic mass is 10.0. The average Bonchev–Trinajstić information content (AvgIpc) is 3.61. The molecule has 3 aromatic heterocycles. The Bertz CT molecular complexity index is 1710. The Hall–Kier alpha value is -3.73. The minimum absolute atomic E-state index is 0.00852. The second-order valence-electron chi connectivity index (χ2n) is 8.86. The molecule has 0 unspecified atom stereocenters. The minimum atomic E-state index is -3.64. The van der Waals surface area contributed by atoms with Crippen LogP contribution in [0.1, 0.15) is 10.4 Å². The van der Waals surface area contributed by atoms with Crippen LogP contribution >= 0.6 is 11.3 Å². The van der Waals surface area contributed by atoms with Crippen molar-refractivity contribution in [1.29, 1.82) is 0 Å². The number of benzene rings is 2. The first-order valence-electron chi connectivity index (χ1n) is 11.8. The highest BCUT2D eigenvalue weighted by molar-refractivity contribution is 7.94. The summed E-state index contributed by atoms with van der Waals surface area (Å²) in [6, 6.07) is 18.4. The molecule has 1 aliphatic heterocycles. The Morgan fingerprint density at radius 3 is 2.54 bits per heavy atom. The summed E-state index contributed by atoms with van der Waals surface area (Å²) in [6.07, 6.45) is 1.80. The summed E-state index contributed by atoms with van der Waals surface area (Å²) >= 11 is 1.20. The molecule has 1 amide bonds. The molecule has 1 aliphatic rings. The molecule has 2 aromatic carbocycles. The number of sulfonamides is 1. The van der Waals surface area contributed by atoms with Gasteiger partial charge in [0.15, 0.2) is 0 Å². The van der Waals surface area contributed by atoms with Gasteiger partial charge in [-0.15, -0.1) is 11.3 Å². The zero-order valence-electron chi connectivity index (χ0n) is 20.0. The van der Waals surface area contributed by atoms with E-state index < -0.39 is 10.0 Å². The Kier molecular flexibility index (Phi) is 5.94. The first-order chi connectivity index (χ1) is 17.9. The van der Waals surface area contributed by atoms with E-state index in [-0.39, 0.29) is 5.91 Å². The minimum Gasteiger partial charge on any atom is -0.378 e. The van der Waals surface area contributed by atoms with Crippen molar-refractivity contribution in [3.05, 3.63) is 77.8 Å². The van der Waals surface area contributed by atoms with Gasteiger partial charge in [-0.25, -0.2) is 13.4 Å². The fourth-order valence-corrected chi connectivity index (χ4v) is 6.90. The van der Waals surface area contributed by atoms with Crippen LogP contribution in [-0.2, 0) is 14.8 Å². The zero-order chi connectivity index (χ0) is 25.6. The lowest BCUT2D eigenvalue weighted by molar-refractivity contribution is 0.0303. The molecule has 37 heavy (non-hydrogen) atoms. The van der Waals surface area contributed by atoms with Crippen molar-refractivity contribution >= 4 is 54.9 Å². The number of amides is 1. The van der Waals surface area contributed by atoms with Crippen LogP contribution in [0.3, 0.4) is 0 Å². The molecule has 1 saturated heterocycles. The van der Waals surface area contributed by atoms with Gasteiger partial charge in [0.25, 0.3) is 15.9 Å². The van der Waals surface area contributed by atoms with Crippen molar-refractivity contribution in [3.63, 3.8) is 0 Å². The van der Waals surface area contributed by atoms with Crippen LogP contribution in [0, 0.1) is 0 Å². The average molecular weight is 533 g/mol. The second-order valence-corrected chi connectivity index (χ2v) is 12.0. The van der Waals surface area contributed by atoms with Crippen molar-refractivity contribution in [2.24, 2.45) is 0 Å². The number of hydrogen-bond donors (Lipinski definition) is 1. The van der Waals surface area contributed by atoms with Crippen molar-refractivity contribution in [3.8, 4) is 11.1 Å². The highest BCUT2D eigenvalue weighted by Crippen LogP contribution is 2.33. The van der Waals surface area contributed by atoms with E-state index in [0.717, 1.165) is 33.1 Å². The molecular formula is C27H24N4O4S2. The third-order valence-electron chi connectivity index (χ3n) is 6.67. The Balaban J connectivity index is 1.33. The molecule has 10 heteroatoms. The quantitative estimate of drug-likeness (QED) is 0.353. The highest BCUT2D eigenvalue weighted by atomic mass is 32.2. The number of anilines is 1. The van der Waals surface area contributed by atoms with Crippen molar-refractivity contribution in [2.75, 3.05) is 37.7 Å². The Labute approximate surface area is 218 Å². The molecule has 0 atom stereocenters. The molecule has 0 bridgehead atoms. The molecule has 0 saturated carbocycles. The highest BCUT2D eigenvalue weighted by Gasteiger charge is 2.23. The van der Waals surface area contributed by atoms with E-state index in [4.69, 9.17) is 4.74 Å². The van der Waals surface area contributed by atoms with Crippen LogP contribution in [0.15, 0.2) is 76.4 Å². The predicted octanol–water partition coefficient (Wildman–Crippen LogP) is 4.74. The second kappa shape index (κ2) is 9.29. The number of H-pyrrole nitrogens is 1. The van der Waals surface area contributed by atoms with E-state index in [1.807, 2.05) is 47.4 Å². The van der Waals surface area contributed by atoms with E-state index in [1.54, 1.807) is 36.8 Å². The topological polar surface area (TPSA) is 95.6 Å². The number of morpholine rings is 1. The third kappa shape index (κ3) is 4.26. The van der Waals surface area contributed by atoms with Gasteiger partial charge in [0.1, 0.15) is 9.86 Å². The molecule has 4 heterocycles. The number of hydrogen-bond acceptors (Lipinski definition) is 6. The molecule has 1 N–H and O–H groups in total. The van der Waals surface area contributed by atoms with E-state index in [0.29, 0.717) is 41.8 Å². The van der Waals surface area contributed by atoms with Crippen molar-refractivity contribution in [1.82, 2.24) is 14.9 Å². The number of pyridine rings is 1. The standard InChI is InChI=1S/C27H24N4O4S2/c1-30(37(33,34)25-3-2-14-36-25)21-8-9-24-22(16-21)23-15-20(17-28-26(23)29-24)18-4-6-19(7-5-18)27(32)31-10-12-35-13-11-31/h2-9,14-17H,10-13H2,1H3,(H,28,29). The molecule has 6 rings (SSSR count). The summed E-state index contributed by atoms with van der Waals surface area (Å²) in [6.45, 7) is 2.34.